The first-order valence-electron chi connectivity index (χ1n) is 6.74. The van der Waals surface area contributed by atoms with Crippen LogP contribution in [0.4, 0.5) is 11.4 Å². The van der Waals surface area contributed by atoms with Gasteiger partial charge >= 0.3 is 0 Å². The van der Waals surface area contributed by atoms with Gasteiger partial charge in [-0.15, -0.1) is 0 Å². The molecule has 0 amide bonds. The van der Waals surface area contributed by atoms with Gasteiger partial charge in [0.25, 0.3) is 0 Å². The fourth-order valence-corrected chi connectivity index (χ4v) is 2.34. The molecular weight excluding hydrogens is 250 g/mol. The minimum Gasteiger partial charge on any atom is -0.370 e. The largest absolute Gasteiger partial charge is 0.370 e. The van der Waals surface area contributed by atoms with Crippen molar-refractivity contribution in [3.05, 3.63) is 23.8 Å². The second-order valence-electron chi connectivity index (χ2n) is 4.86. The van der Waals surface area contributed by atoms with E-state index in [1.165, 1.54) is 19.3 Å². The topological polar surface area (TPSA) is 75.2 Å². The lowest BCUT2D eigenvalue weighted by molar-refractivity contribution is 0.578. The Kier molecular flexibility index (Phi) is 4.57. The van der Waals surface area contributed by atoms with Gasteiger partial charge in [0.1, 0.15) is 12.1 Å². The molecule has 0 spiro atoms. The average Bonchev–Trinajstić information content (AvgIpc) is 2.49. The van der Waals surface area contributed by atoms with Gasteiger partial charge in [-0.2, -0.15) is 15.6 Å². The normalized spacial score (nSPS) is 14.1. The lowest BCUT2D eigenvalue weighted by Crippen LogP contribution is -2.29. The van der Waals surface area contributed by atoms with E-state index in [-0.39, 0.29) is 5.71 Å². The molecule has 20 heavy (non-hydrogen) atoms. The summed E-state index contributed by atoms with van der Waals surface area (Å²) >= 11 is 0. The average molecular weight is 267 g/mol. The van der Waals surface area contributed by atoms with E-state index >= 15 is 0 Å². The third kappa shape index (κ3) is 3.27. The molecule has 1 aliphatic heterocycles. The van der Waals surface area contributed by atoms with Gasteiger partial charge in [-0.05, 0) is 43.9 Å². The zero-order chi connectivity index (χ0) is 14.4. The van der Waals surface area contributed by atoms with E-state index in [1.54, 1.807) is 12.1 Å². The Morgan fingerprint density at radius 2 is 1.90 bits per heavy atom. The number of aryl methyl sites for hydroxylation is 1. The fourth-order valence-electron chi connectivity index (χ4n) is 2.34. The number of hydrogen-bond donors (Lipinski definition) is 1. The minimum absolute atomic E-state index is 0.170. The molecule has 2 rings (SSSR count). The molecular formula is C15H17N5. The second kappa shape index (κ2) is 6.58. The number of benzene rings is 1. The van der Waals surface area contributed by atoms with Crippen molar-refractivity contribution in [1.82, 2.24) is 0 Å². The molecule has 5 nitrogen and oxygen atoms in total. The molecule has 1 heterocycles. The van der Waals surface area contributed by atoms with E-state index < -0.39 is 0 Å². The Balaban J connectivity index is 2.26. The van der Waals surface area contributed by atoms with Gasteiger partial charge in [0.15, 0.2) is 0 Å². The summed E-state index contributed by atoms with van der Waals surface area (Å²) in [7, 11) is 0. The van der Waals surface area contributed by atoms with E-state index in [2.05, 4.69) is 27.6 Å². The molecule has 5 heteroatoms. The van der Waals surface area contributed by atoms with Crippen LogP contribution in [0.3, 0.4) is 0 Å². The summed E-state index contributed by atoms with van der Waals surface area (Å²) in [6.45, 7) is 4.07. The van der Waals surface area contributed by atoms with Gasteiger partial charge in [0.2, 0.25) is 5.71 Å². The van der Waals surface area contributed by atoms with Gasteiger partial charge in [0.05, 0.1) is 11.4 Å². The van der Waals surface area contributed by atoms with E-state index in [0.29, 0.717) is 0 Å². The van der Waals surface area contributed by atoms with Gasteiger partial charge in [-0.25, -0.2) is 0 Å². The Bertz CT molecular complexity index is 569. The summed E-state index contributed by atoms with van der Waals surface area (Å²) in [5.74, 6) is 0. The quantitative estimate of drug-likeness (QED) is 0.675. The Labute approximate surface area is 119 Å². The monoisotopic (exact) mass is 267 g/mol. The summed E-state index contributed by atoms with van der Waals surface area (Å²) in [5, 5.41) is 21.3. The van der Waals surface area contributed by atoms with Crippen LogP contribution in [0.2, 0.25) is 0 Å². The van der Waals surface area contributed by atoms with Crippen molar-refractivity contribution in [1.29, 1.82) is 10.5 Å². The number of anilines is 2. The summed E-state index contributed by atoms with van der Waals surface area (Å²) in [6.07, 6.45) is 3.66. The van der Waals surface area contributed by atoms with Gasteiger partial charge in [0, 0.05) is 13.1 Å². The van der Waals surface area contributed by atoms with Crippen LogP contribution in [0.1, 0.15) is 24.8 Å². The van der Waals surface area contributed by atoms with Crippen molar-refractivity contribution in [3.63, 3.8) is 0 Å². The van der Waals surface area contributed by atoms with Crippen LogP contribution in [0.25, 0.3) is 0 Å². The zero-order valence-corrected chi connectivity index (χ0v) is 11.6. The van der Waals surface area contributed by atoms with Crippen molar-refractivity contribution < 1.29 is 0 Å². The predicted octanol–water partition coefficient (Wildman–Crippen LogP) is 2.80. The molecule has 0 unspecified atom stereocenters. The molecule has 0 radical (unpaired) electrons. The third-order valence-corrected chi connectivity index (χ3v) is 3.35. The number of nitrogens with zero attached hydrogens (tertiary/aromatic N) is 4. The highest BCUT2D eigenvalue weighted by Gasteiger charge is 2.14. The predicted molar refractivity (Wildman–Crippen MR) is 79.5 cm³/mol. The summed E-state index contributed by atoms with van der Waals surface area (Å²) < 4.78 is 0. The highest BCUT2D eigenvalue weighted by molar-refractivity contribution is 6.10. The molecule has 1 aliphatic rings. The van der Waals surface area contributed by atoms with E-state index in [4.69, 9.17) is 10.5 Å². The maximum atomic E-state index is 8.72. The molecule has 0 aliphatic carbocycles. The standard InChI is InChI=1S/C15H17N5/c1-12-5-6-15(20-7-3-2-4-8-20)14(9-12)19-18-13(10-16)11-17/h5-6,9,19H,2-4,7-8H2,1H3. The molecule has 1 N–H and O–H groups in total. The lowest BCUT2D eigenvalue weighted by Gasteiger charge is -2.30. The van der Waals surface area contributed by atoms with E-state index in [1.807, 2.05) is 13.0 Å². The first-order chi connectivity index (χ1) is 9.74. The van der Waals surface area contributed by atoms with Crippen molar-refractivity contribution >= 4 is 17.1 Å². The molecule has 1 aromatic rings. The Morgan fingerprint density at radius 3 is 2.55 bits per heavy atom. The first-order valence-corrected chi connectivity index (χ1v) is 6.74. The molecule has 102 valence electrons. The maximum absolute atomic E-state index is 8.72. The minimum atomic E-state index is -0.170. The van der Waals surface area contributed by atoms with Gasteiger partial charge in [-0.1, -0.05) is 6.07 Å². The number of hydrazone groups is 1. The number of piperidine rings is 1. The second-order valence-corrected chi connectivity index (χ2v) is 4.86. The molecule has 0 saturated carbocycles. The molecule has 0 aromatic heterocycles. The SMILES string of the molecule is Cc1ccc(N2CCCCC2)c(NN=C(C#N)C#N)c1. The number of hydrogen-bond acceptors (Lipinski definition) is 5. The summed E-state index contributed by atoms with van der Waals surface area (Å²) in [6, 6.07) is 9.61. The fraction of sp³-hybridized carbons (Fsp3) is 0.400. The highest BCUT2D eigenvalue weighted by Crippen LogP contribution is 2.29. The number of nitrogens with one attached hydrogen (secondary N) is 1. The van der Waals surface area contributed by atoms with Crippen LogP contribution in [0, 0.1) is 29.6 Å². The summed E-state index contributed by atoms with van der Waals surface area (Å²) in [5.41, 5.74) is 5.71. The number of rotatable bonds is 3. The maximum Gasteiger partial charge on any atom is 0.237 e. The van der Waals surface area contributed by atoms with Crippen LogP contribution in [-0.2, 0) is 0 Å². The van der Waals surface area contributed by atoms with Crippen LogP contribution in [0.5, 0.6) is 0 Å². The van der Waals surface area contributed by atoms with Crippen molar-refractivity contribution in [3.8, 4) is 12.1 Å². The van der Waals surface area contributed by atoms with E-state index in [0.717, 1.165) is 30.0 Å². The summed E-state index contributed by atoms with van der Waals surface area (Å²) in [4.78, 5) is 2.32. The smallest absolute Gasteiger partial charge is 0.237 e. The van der Waals surface area contributed by atoms with Crippen LogP contribution in [-0.4, -0.2) is 18.8 Å². The molecule has 1 aromatic carbocycles. The highest BCUT2D eigenvalue weighted by atomic mass is 15.3. The van der Waals surface area contributed by atoms with E-state index in [9.17, 15) is 0 Å². The Hall–Kier alpha value is -2.53. The molecule has 0 atom stereocenters. The van der Waals surface area contributed by atoms with Gasteiger partial charge in [-0.3, -0.25) is 5.43 Å². The van der Waals surface area contributed by atoms with Crippen LogP contribution < -0.4 is 10.3 Å². The molecule has 1 saturated heterocycles. The zero-order valence-electron chi connectivity index (χ0n) is 11.6. The lowest BCUT2D eigenvalue weighted by atomic mass is 10.1. The van der Waals surface area contributed by atoms with Crippen LogP contribution in [0.15, 0.2) is 23.3 Å². The number of nitriles is 2. The van der Waals surface area contributed by atoms with Gasteiger partial charge < -0.3 is 4.90 Å². The van der Waals surface area contributed by atoms with Crippen molar-refractivity contribution in [2.75, 3.05) is 23.4 Å². The first kappa shape index (κ1) is 13.9. The third-order valence-electron chi connectivity index (χ3n) is 3.35. The molecule has 0 bridgehead atoms. The Morgan fingerprint density at radius 1 is 1.20 bits per heavy atom. The van der Waals surface area contributed by atoms with Crippen LogP contribution >= 0.6 is 0 Å². The van der Waals surface area contributed by atoms with Crippen molar-refractivity contribution in [2.45, 2.75) is 26.2 Å². The van der Waals surface area contributed by atoms with Crippen molar-refractivity contribution in [2.24, 2.45) is 5.10 Å². The molecule has 1 fully saturated rings.